The van der Waals surface area contributed by atoms with E-state index in [1.165, 1.54) is 5.56 Å². The summed E-state index contributed by atoms with van der Waals surface area (Å²) in [6, 6.07) is 12.5. The number of nitrogens with zero attached hydrogens (tertiary/aromatic N) is 2. The quantitative estimate of drug-likeness (QED) is 0.920. The highest BCUT2D eigenvalue weighted by atomic mass is 79.9. The number of anilines is 1. The molecule has 4 heteroatoms. The zero-order chi connectivity index (χ0) is 13.7. The highest BCUT2D eigenvalue weighted by molar-refractivity contribution is 9.10. The fourth-order valence-electron chi connectivity index (χ4n) is 2.08. The van der Waals surface area contributed by atoms with E-state index < -0.39 is 0 Å². The molecule has 0 unspecified atom stereocenters. The second-order valence-corrected chi connectivity index (χ2v) is 5.41. The van der Waals surface area contributed by atoms with E-state index in [0.717, 1.165) is 28.9 Å². The van der Waals surface area contributed by atoms with E-state index in [2.05, 4.69) is 63.1 Å². The lowest BCUT2D eigenvalue weighted by Crippen LogP contribution is -2.30. The molecule has 0 saturated carbocycles. The molecule has 0 amide bonds. The largest absolute Gasteiger partial charge is 0.351 e. The molecule has 0 bridgehead atoms. The Morgan fingerprint density at radius 3 is 2.63 bits per heavy atom. The van der Waals surface area contributed by atoms with Gasteiger partial charge in [0.15, 0.2) is 0 Å². The highest BCUT2D eigenvalue weighted by Crippen LogP contribution is 2.22. The first-order valence-corrected chi connectivity index (χ1v) is 7.11. The van der Waals surface area contributed by atoms with Crippen molar-refractivity contribution in [3.63, 3.8) is 0 Å². The lowest BCUT2D eigenvalue weighted by atomic mass is 10.2. The minimum Gasteiger partial charge on any atom is -0.351 e. The maximum atomic E-state index is 5.72. The van der Waals surface area contributed by atoms with Gasteiger partial charge >= 0.3 is 0 Å². The van der Waals surface area contributed by atoms with Crippen LogP contribution in [0.3, 0.4) is 0 Å². The molecule has 0 aliphatic rings. The van der Waals surface area contributed by atoms with Crippen molar-refractivity contribution in [3.8, 4) is 0 Å². The summed E-state index contributed by atoms with van der Waals surface area (Å²) in [5.74, 6) is 0.998. The van der Waals surface area contributed by atoms with Crippen molar-refractivity contribution in [1.82, 2.24) is 4.98 Å². The van der Waals surface area contributed by atoms with Crippen LogP contribution in [-0.4, -0.2) is 18.1 Å². The van der Waals surface area contributed by atoms with Gasteiger partial charge in [0.2, 0.25) is 0 Å². The van der Waals surface area contributed by atoms with Crippen LogP contribution >= 0.6 is 15.9 Å². The second kappa shape index (κ2) is 6.68. The number of benzene rings is 1. The van der Waals surface area contributed by atoms with Gasteiger partial charge in [-0.3, -0.25) is 0 Å². The average Bonchev–Trinajstić information content (AvgIpc) is 2.39. The minimum atomic E-state index is 0.615. The summed E-state index contributed by atoms with van der Waals surface area (Å²) in [7, 11) is 0. The van der Waals surface area contributed by atoms with Gasteiger partial charge in [-0.2, -0.15) is 0 Å². The molecule has 3 nitrogen and oxygen atoms in total. The van der Waals surface area contributed by atoms with E-state index in [4.69, 9.17) is 5.73 Å². The third-order valence-corrected chi connectivity index (χ3v) is 3.37. The standard InChI is InChI=1S/C15H18BrN3/c1-12-9-14(16)10-18-15(12)19(8-7-17)11-13-5-3-2-4-6-13/h2-6,9-10H,7-8,11,17H2,1H3. The molecular formula is C15H18BrN3. The maximum Gasteiger partial charge on any atom is 0.131 e. The number of aromatic nitrogens is 1. The van der Waals surface area contributed by atoms with Crippen LogP contribution in [0, 0.1) is 6.92 Å². The monoisotopic (exact) mass is 319 g/mol. The van der Waals surface area contributed by atoms with Gasteiger partial charge < -0.3 is 10.6 Å². The van der Waals surface area contributed by atoms with Crippen LogP contribution in [0.4, 0.5) is 5.82 Å². The molecule has 0 fully saturated rings. The summed E-state index contributed by atoms with van der Waals surface area (Å²) in [5.41, 5.74) is 8.14. The van der Waals surface area contributed by atoms with Crippen LogP contribution in [0.1, 0.15) is 11.1 Å². The molecule has 0 atom stereocenters. The zero-order valence-electron chi connectivity index (χ0n) is 11.0. The Hall–Kier alpha value is -1.39. The van der Waals surface area contributed by atoms with Crippen molar-refractivity contribution in [2.24, 2.45) is 5.73 Å². The SMILES string of the molecule is Cc1cc(Br)cnc1N(CCN)Cc1ccccc1. The highest BCUT2D eigenvalue weighted by Gasteiger charge is 2.11. The first-order chi connectivity index (χ1) is 9.20. The molecule has 2 N–H and O–H groups in total. The van der Waals surface area contributed by atoms with Crippen LogP contribution in [0.15, 0.2) is 47.1 Å². The molecule has 1 aromatic carbocycles. The molecule has 0 spiro atoms. The van der Waals surface area contributed by atoms with Crippen LogP contribution in [0.2, 0.25) is 0 Å². The minimum absolute atomic E-state index is 0.615. The summed E-state index contributed by atoms with van der Waals surface area (Å²) < 4.78 is 1.00. The summed E-state index contributed by atoms with van der Waals surface area (Å²) >= 11 is 3.45. The van der Waals surface area contributed by atoms with E-state index in [9.17, 15) is 0 Å². The fourth-order valence-corrected chi connectivity index (χ4v) is 2.53. The normalized spacial score (nSPS) is 10.5. The van der Waals surface area contributed by atoms with Crippen molar-refractivity contribution in [1.29, 1.82) is 0 Å². The van der Waals surface area contributed by atoms with Gasteiger partial charge in [0, 0.05) is 30.3 Å². The smallest absolute Gasteiger partial charge is 0.131 e. The van der Waals surface area contributed by atoms with E-state index >= 15 is 0 Å². The summed E-state index contributed by atoms with van der Waals surface area (Å²) in [6.07, 6.45) is 1.83. The topological polar surface area (TPSA) is 42.2 Å². The molecule has 0 radical (unpaired) electrons. The van der Waals surface area contributed by atoms with Crippen molar-refractivity contribution < 1.29 is 0 Å². The number of hydrogen-bond acceptors (Lipinski definition) is 3. The van der Waals surface area contributed by atoms with Crippen molar-refractivity contribution in [2.45, 2.75) is 13.5 Å². The number of hydrogen-bond donors (Lipinski definition) is 1. The zero-order valence-corrected chi connectivity index (χ0v) is 12.6. The van der Waals surface area contributed by atoms with Crippen LogP contribution in [0.5, 0.6) is 0 Å². The Balaban J connectivity index is 2.24. The first kappa shape index (κ1) is 14.0. The predicted octanol–water partition coefficient (Wildman–Crippen LogP) is 3.12. The van der Waals surface area contributed by atoms with Crippen molar-refractivity contribution in [3.05, 3.63) is 58.2 Å². The lowest BCUT2D eigenvalue weighted by Gasteiger charge is -2.25. The predicted molar refractivity (Wildman–Crippen MR) is 83.2 cm³/mol. The van der Waals surface area contributed by atoms with Crippen molar-refractivity contribution in [2.75, 3.05) is 18.0 Å². The number of rotatable bonds is 5. The first-order valence-electron chi connectivity index (χ1n) is 6.32. The van der Waals surface area contributed by atoms with Gasteiger partial charge in [-0.15, -0.1) is 0 Å². The van der Waals surface area contributed by atoms with Gasteiger partial charge in [0.1, 0.15) is 5.82 Å². The van der Waals surface area contributed by atoms with Gasteiger partial charge in [-0.1, -0.05) is 30.3 Å². The molecule has 1 heterocycles. The third-order valence-electron chi connectivity index (χ3n) is 2.93. The van der Waals surface area contributed by atoms with Gasteiger partial charge in [0.05, 0.1) is 0 Å². The molecule has 0 saturated heterocycles. The number of pyridine rings is 1. The Kier molecular flexibility index (Phi) is 4.93. The third kappa shape index (κ3) is 3.78. The van der Waals surface area contributed by atoms with Crippen LogP contribution in [-0.2, 0) is 6.54 Å². The Labute approximate surface area is 122 Å². The van der Waals surface area contributed by atoms with Crippen LogP contribution in [0.25, 0.3) is 0 Å². The van der Waals surface area contributed by atoms with E-state index in [-0.39, 0.29) is 0 Å². The molecule has 0 aliphatic carbocycles. The van der Waals surface area contributed by atoms with Gasteiger partial charge in [0.25, 0.3) is 0 Å². The maximum absolute atomic E-state index is 5.72. The molecule has 2 aromatic rings. The van der Waals surface area contributed by atoms with E-state index in [1.807, 2.05) is 12.3 Å². The van der Waals surface area contributed by atoms with E-state index in [0.29, 0.717) is 6.54 Å². The molecule has 0 aliphatic heterocycles. The van der Waals surface area contributed by atoms with Gasteiger partial charge in [-0.25, -0.2) is 4.98 Å². The second-order valence-electron chi connectivity index (χ2n) is 4.49. The Morgan fingerprint density at radius 1 is 1.26 bits per heavy atom. The Bertz CT molecular complexity index is 528. The summed E-state index contributed by atoms with van der Waals surface area (Å²) in [6.45, 7) is 4.31. The van der Waals surface area contributed by atoms with E-state index in [1.54, 1.807) is 0 Å². The molecule has 100 valence electrons. The molecular weight excluding hydrogens is 302 g/mol. The lowest BCUT2D eigenvalue weighted by molar-refractivity contribution is 0.772. The molecule has 1 aromatic heterocycles. The molecule has 2 rings (SSSR count). The summed E-state index contributed by atoms with van der Waals surface area (Å²) in [4.78, 5) is 6.74. The molecule has 19 heavy (non-hydrogen) atoms. The number of halogens is 1. The van der Waals surface area contributed by atoms with Crippen LogP contribution < -0.4 is 10.6 Å². The van der Waals surface area contributed by atoms with Gasteiger partial charge in [-0.05, 0) is 40.0 Å². The number of aryl methyl sites for hydroxylation is 1. The average molecular weight is 320 g/mol. The number of nitrogens with two attached hydrogens (primary N) is 1. The Morgan fingerprint density at radius 2 is 2.00 bits per heavy atom. The summed E-state index contributed by atoms with van der Waals surface area (Å²) in [5, 5.41) is 0. The van der Waals surface area contributed by atoms with Crippen molar-refractivity contribution >= 4 is 21.7 Å². The fraction of sp³-hybridized carbons (Fsp3) is 0.267.